The standard InChI is InChI=1S/C24H29N3O4/c1-17(2)18-7-3-4-8-19(18)25-23(28)15-26-11-13-27(14-12-26)24(29)22-16-30-20-9-5-6-10-21(20)31-22/h3-10,17,22H,11-16H2,1-2H3,(H,25,28)/t22-/m1/s1. The number of carbonyl (C=O) groups excluding carboxylic acids is 2. The predicted octanol–water partition coefficient (Wildman–Crippen LogP) is 2.73. The summed E-state index contributed by atoms with van der Waals surface area (Å²) in [6, 6.07) is 15.3. The molecular formula is C24H29N3O4. The Balaban J connectivity index is 1.26. The molecule has 2 aromatic carbocycles. The fourth-order valence-electron chi connectivity index (χ4n) is 3.98. The largest absolute Gasteiger partial charge is 0.485 e. The van der Waals surface area contributed by atoms with E-state index in [1.807, 2.05) is 48.5 Å². The molecule has 4 rings (SSSR count). The summed E-state index contributed by atoms with van der Waals surface area (Å²) in [4.78, 5) is 29.3. The highest BCUT2D eigenvalue weighted by atomic mass is 16.6. The van der Waals surface area contributed by atoms with Crippen LogP contribution in [0.1, 0.15) is 25.3 Å². The summed E-state index contributed by atoms with van der Waals surface area (Å²) in [6.07, 6.45) is -0.628. The predicted molar refractivity (Wildman–Crippen MR) is 119 cm³/mol. The number of amides is 2. The molecular weight excluding hydrogens is 394 g/mol. The quantitative estimate of drug-likeness (QED) is 0.801. The van der Waals surface area contributed by atoms with E-state index in [0.717, 1.165) is 11.3 Å². The molecule has 31 heavy (non-hydrogen) atoms. The minimum atomic E-state index is -0.628. The van der Waals surface area contributed by atoms with Crippen molar-refractivity contribution < 1.29 is 19.1 Å². The summed E-state index contributed by atoms with van der Waals surface area (Å²) < 4.78 is 11.5. The van der Waals surface area contributed by atoms with Gasteiger partial charge >= 0.3 is 0 Å². The lowest BCUT2D eigenvalue weighted by Crippen LogP contribution is -2.54. The summed E-state index contributed by atoms with van der Waals surface area (Å²) in [6.45, 7) is 7.18. The second-order valence-corrected chi connectivity index (χ2v) is 8.26. The second-order valence-electron chi connectivity index (χ2n) is 8.26. The van der Waals surface area contributed by atoms with Gasteiger partial charge < -0.3 is 19.7 Å². The van der Waals surface area contributed by atoms with Crippen molar-refractivity contribution in [2.45, 2.75) is 25.9 Å². The average Bonchev–Trinajstić information content (AvgIpc) is 2.79. The van der Waals surface area contributed by atoms with Crippen molar-refractivity contribution in [1.29, 1.82) is 0 Å². The molecule has 2 aliphatic heterocycles. The van der Waals surface area contributed by atoms with E-state index < -0.39 is 6.10 Å². The van der Waals surface area contributed by atoms with E-state index in [9.17, 15) is 9.59 Å². The van der Waals surface area contributed by atoms with Gasteiger partial charge in [0.25, 0.3) is 5.91 Å². The molecule has 0 spiro atoms. The van der Waals surface area contributed by atoms with Crippen LogP contribution >= 0.6 is 0 Å². The van der Waals surface area contributed by atoms with Crippen molar-refractivity contribution in [3.8, 4) is 11.5 Å². The SMILES string of the molecule is CC(C)c1ccccc1NC(=O)CN1CCN(C(=O)[C@H]2COc3ccccc3O2)CC1. The van der Waals surface area contributed by atoms with Gasteiger partial charge in [-0.3, -0.25) is 14.5 Å². The van der Waals surface area contributed by atoms with Crippen molar-refractivity contribution in [2.24, 2.45) is 0 Å². The van der Waals surface area contributed by atoms with Gasteiger partial charge in [-0.25, -0.2) is 0 Å². The van der Waals surface area contributed by atoms with E-state index in [1.54, 1.807) is 4.90 Å². The first-order chi connectivity index (χ1) is 15.0. The van der Waals surface area contributed by atoms with Crippen LogP contribution in [0.2, 0.25) is 0 Å². The van der Waals surface area contributed by atoms with E-state index in [2.05, 4.69) is 24.1 Å². The highest BCUT2D eigenvalue weighted by Gasteiger charge is 2.32. The number of anilines is 1. The normalized spacial score (nSPS) is 18.7. The van der Waals surface area contributed by atoms with Gasteiger partial charge in [-0.15, -0.1) is 0 Å². The van der Waals surface area contributed by atoms with Gasteiger partial charge in [0.15, 0.2) is 11.5 Å². The molecule has 0 aliphatic carbocycles. The Morgan fingerprint density at radius 1 is 1.00 bits per heavy atom. The number of carbonyl (C=O) groups is 2. The number of nitrogens with one attached hydrogen (secondary N) is 1. The summed E-state index contributed by atoms with van der Waals surface area (Å²) >= 11 is 0. The molecule has 164 valence electrons. The first kappa shape index (κ1) is 21.2. The highest BCUT2D eigenvalue weighted by molar-refractivity contribution is 5.93. The lowest BCUT2D eigenvalue weighted by atomic mass is 10.0. The maximum Gasteiger partial charge on any atom is 0.267 e. The molecule has 1 atom stereocenters. The molecule has 1 saturated heterocycles. The van der Waals surface area contributed by atoms with E-state index >= 15 is 0 Å². The molecule has 1 N–H and O–H groups in total. The van der Waals surface area contributed by atoms with Crippen LogP contribution in [0.5, 0.6) is 11.5 Å². The fraction of sp³-hybridized carbons (Fsp3) is 0.417. The number of nitrogens with zero attached hydrogens (tertiary/aromatic N) is 2. The second kappa shape index (κ2) is 9.39. The Bertz CT molecular complexity index is 938. The van der Waals surface area contributed by atoms with Gasteiger partial charge in [-0.2, -0.15) is 0 Å². The summed E-state index contributed by atoms with van der Waals surface area (Å²) in [5.41, 5.74) is 1.99. The van der Waals surface area contributed by atoms with Gasteiger partial charge in [0.05, 0.1) is 6.54 Å². The zero-order valence-electron chi connectivity index (χ0n) is 18.0. The zero-order valence-corrected chi connectivity index (χ0v) is 18.0. The Hall–Kier alpha value is -3.06. The first-order valence-electron chi connectivity index (χ1n) is 10.8. The molecule has 0 aromatic heterocycles. The number of hydrogen-bond acceptors (Lipinski definition) is 5. The van der Waals surface area contributed by atoms with Crippen LogP contribution in [0, 0.1) is 0 Å². The van der Waals surface area contributed by atoms with Crippen molar-refractivity contribution >= 4 is 17.5 Å². The molecule has 0 radical (unpaired) electrons. The minimum absolute atomic E-state index is 0.0338. The topological polar surface area (TPSA) is 71.1 Å². The molecule has 0 unspecified atom stereocenters. The van der Waals surface area contributed by atoms with Crippen LogP contribution < -0.4 is 14.8 Å². The lowest BCUT2D eigenvalue weighted by molar-refractivity contribution is -0.143. The molecule has 0 saturated carbocycles. The number of benzene rings is 2. The highest BCUT2D eigenvalue weighted by Crippen LogP contribution is 2.31. The van der Waals surface area contributed by atoms with E-state index in [0.29, 0.717) is 50.1 Å². The van der Waals surface area contributed by atoms with Crippen LogP contribution in [0.4, 0.5) is 5.69 Å². The third kappa shape index (κ3) is 4.99. The van der Waals surface area contributed by atoms with Gasteiger partial charge in [-0.05, 0) is 29.7 Å². The molecule has 2 aliphatic rings. The maximum atomic E-state index is 12.9. The van der Waals surface area contributed by atoms with Crippen LogP contribution in [0.25, 0.3) is 0 Å². The Labute approximate surface area is 182 Å². The third-order valence-corrected chi connectivity index (χ3v) is 5.69. The number of piperazine rings is 1. The molecule has 2 amide bonds. The summed E-state index contributed by atoms with van der Waals surface area (Å²) in [7, 11) is 0. The zero-order chi connectivity index (χ0) is 21.8. The Morgan fingerprint density at radius 3 is 2.42 bits per heavy atom. The van der Waals surface area contributed by atoms with E-state index in [-0.39, 0.29) is 18.4 Å². The summed E-state index contributed by atoms with van der Waals surface area (Å²) in [5, 5.41) is 3.04. The smallest absolute Gasteiger partial charge is 0.267 e. The number of hydrogen-bond donors (Lipinski definition) is 1. The van der Waals surface area contributed by atoms with E-state index in [4.69, 9.17) is 9.47 Å². The van der Waals surface area contributed by atoms with Crippen molar-refractivity contribution in [3.63, 3.8) is 0 Å². The van der Waals surface area contributed by atoms with Crippen LogP contribution in [-0.4, -0.2) is 67.0 Å². The first-order valence-corrected chi connectivity index (χ1v) is 10.8. The van der Waals surface area contributed by atoms with Gasteiger partial charge in [0.2, 0.25) is 12.0 Å². The number of para-hydroxylation sites is 3. The van der Waals surface area contributed by atoms with Crippen LogP contribution in [0.3, 0.4) is 0 Å². The van der Waals surface area contributed by atoms with Gasteiger partial charge in [-0.1, -0.05) is 44.2 Å². The molecule has 7 nitrogen and oxygen atoms in total. The Kier molecular flexibility index (Phi) is 6.42. The van der Waals surface area contributed by atoms with Crippen molar-refractivity contribution in [1.82, 2.24) is 9.80 Å². The molecule has 0 bridgehead atoms. The number of fused-ring (bicyclic) bond motifs is 1. The third-order valence-electron chi connectivity index (χ3n) is 5.69. The monoisotopic (exact) mass is 423 g/mol. The molecule has 1 fully saturated rings. The van der Waals surface area contributed by atoms with Crippen molar-refractivity contribution in [3.05, 3.63) is 54.1 Å². The maximum absolute atomic E-state index is 12.9. The number of ether oxygens (including phenoxy) is 2. The minimum Gasteiger partial charge on any atom is -0.485 e. The fourth-order valence-corrected chi connectivity index (χ4v) is 3.98. The summed E-state index contributed by atoms with van der Waals surface area (Å²) in [5.74, 6) is 1.51. The van der Waals surface area contributed by atoms with Gasteiger partial charge in [0, 0.05) is 31.9 Å². The average molecular weight is 424 g/mol. The number of rotatable bonds is 5. The van der Waals surface area contributed by atoms with Crippen LogP contribution in [-0.2, 0) is 9.59 Å². The molecule has 2 heterocycles. The van der Waals surface area contributed by atoms with Crippen LogP contribution in [0.15, 0.2) is 48.5 Å². The van der Waals surface area contributed by atoms with Crippen molar-refractivity contribution in [2.75, 3.05) is 44.6 Å². The van der Waals surface area contributed by atoms with E-state index in [1.165, 1.54) is 0 Å². The molecule has 7 heteroatoms. The molecule has 2 aromatic rings. The lowest BCUT2D eigenvalue weighted by Gasteiger charge is -2.36. The Morgan fingerprint density at radius 2 is 1.68 bits per heavy atom. The van der Waals surface area contributed by atoms with Gasteiger partial charge in [0.1, 0.15) is 6.61 Å².